The Hall–Kier alpha value is -0.900. The van der Waals surface area contributed by atoms with Crippen LogP contribution in [0.25, 0.3) is 0 Å². The van der Waals surface area contributed by atoms with E-state index in [1.54, 1.807) is 0 Å². The molecule has 4 nitrogen and oxygen atoms in total. The lowest BCUT2D eigenvalue weighted by molar-refractivity contribution is 0.132. The smallest absolute Gasteiger partial charge is 0.147 e. The summed E-state index contributed by atoms with van der Waals surface area (Å²) in [6.45, 7) is 7.78. The molecule has 4 heteroatoms. The molecule has 114 valence electrons. The van der Waals surface area contributed by atoms with E-state index < -0.39 is 0 Å². The molecule has 0 radical (unpaired) electrons. The van der Waals surface area contributed by atoms with E-state index >= 15 is 0 Å². The molecule has 0 unspecified atom stereocenters. The highest BCUT2D eigenvalue weighted by Gasteiger charge is 2.23. The number of fused-ring (bicyclic) bond motifs is 1. The zero-order valence-electron chi connectivity index (χ0n) is 13.2. The van der Waals surface area contributed by atoms with Crippen molar-refractivity contribution >= 4 is 0 Å². The van der Waals surface area contributed by atoms with Crippen LogP contribution in [-0.2, 0) is 13.1 Å². The standard InChI is InChI=1S/C16H30N4/c1-3-5-7-9-15(10-8-6-4-2)19-11-12-20-14-17-18-16(20)13-19/h14-15H,3-13H2,1-2H3. The minimum absolute atomic E-state index is 0.749. The van der Waals surface area contributed by atoms with Crippen LogP contribution in [0.4, 0.5) is 0 Å². The second-order valence-electron chi connectivity index (χ2n) is 6.06. The van der Waals surface area contributed by atoms with Gasteiger partial charge in [0.15, 0.2) is 0 Å². The molecule has 0 N–H and O–H groups in total. The number of hydrogen-bond donors (Lipinski definition) is 0. The van der Waals surface area contributed by atoms with Gasteiger partial charge in [0, 0.05) is 19.1 Å². The Morgan fingerprint density at radius 3 is 2.40 bits per heavy atom. The van der Waals surface area contributed by atoms with Crippen molar-refractivity contribution in [3.05, 3.63) is 12.2 Å². The van der Waals surface area contributed by atoms with E-state index in [4.69, 9.17) is 0 Å². The molecule has 0 saturated carbocycles. The first kappa shape index (κ1) is 15.5. The average molecular weight is 278 g/mol. The van der Waals surface area contributed by atoms with Crippen LogP contribution < -0.4 is 0 Å². The summed E-state index contributed by atoms with van der Waals surface area (Å²) >= 11 is 0. The van der Waals surface area contributed by atoms with E-state index in [2.05, 4.69) is 33.5 Å². The Balaban J connectivity index is 1.88. The van der Waals surface area contributed by atoms with Crippen LogP contribution in [0.3, 0.4) is 0 Å². The zero-order valence-corrected chi connectivity index (χ0v) is 13.2. The highest BCUT2D eigenvalue weighted by atomic mass is 15.3. The van der Waals surface area contributed by atoms with Crippen LogP contribution >= 0.6 is 0 Å². The van der Waals surface area contributed by atoms with Crippen LogP contribution in [0.2, 0.25) is 0 Å². The van der Waals surface area contributed by atoms with Gasteiger partial charge in [-0.25, -0.2) is 0 Å². The topological polar surface area (TPSA) is 34.0 Å². The highest BCUT2D eigenvalue weighted by molar-refractivity contribution is 4.91. The molecular formula is C16H30N4. The molecule has 0 atom stereocenters. The molecule has 1 aromatic heterocycles. The Labute approximate surface area is 123 Å². The monoisotopic (exact) mass is 278 g/mol. The average Bonchev–Trinajstić information content (AvgIpc) is 2.93. The molecule has 20 heavy (non-hydrogen) atoms. The largest absolute Gasteiger partial charge is 0.315 e. The Kier molecular flexibility index (Phi) is 6.51. The summed E-state index contributed by atoms with van der Waals surface area (Å²) in [6, 6.07) is 0.749. The molecule has 0 saturated heterocycles. The summed E-state index contributed by atoms with van der Waals surface area (Å²) in [5, 5.41) is 8.29. The highest BCUT2D eigenvalue weighted by Crippen LogP contribution is 2.21. The molecule has 2 heterocycles. The lowest BCUT2D eigenvalue weighted by Gasteiger charge is -2.34. The van der Waals surface area contributed by atoms with Crippen LogP contribution in [-0.4, -0.2) is 32.3 Å². The molecule has 0 aromatic carbocycles. The molecule has 1 aliphatic rings. The molecule has 1 aliphatic heterocycles. The van der Waals surface area contributed by atoms with Crippen molar-refractivity contribution in [1.82, 2.24) is 19.7 Å². The Morgan fingerprint density at radius 1 is 1.05 bits per heavy atom. The maximum atomic E-state index is 4.25. The second-order valence-corrected chi connectivity index (χ2v) is 6.06. The fraction of sp³-hybridized carbons (Fsp3) is 0.875. The first-order chi connectivity index (χ1) is 9.85. The van der Waals surface area contributed by atoms with E-state index in [0.717, 1.165) is 31.5 Å². The van der Waals surface area contributed by atoms with Crippen molar-refractivity contribution in [3.63, 3.8) is 0 Å². The summed E-state index contributed by atoms with van der Waals surface area (Å²) in [6.07, 6.45) is 12.7. The van der Waals surface area contributed by atoms with Gasteiger partial charge in [-0.1, -0.05) is 52.4 Å². The molecule has 0 fully saturated rings. The fourth-order valence-electron chi connectivity index (χ4n) is 3.17. The summed E-state index contributed by atoms with van der Waals surface area (Å²) in [5.41, 5.74) is 0. The molecular weight excluding hydrogens is 248 g/mol. The summed E-state index contributed by atoms with van der Waals surface area (Å²) < 4.78 is 2.20. The van der Waals surface area contributed by atoms with Crippen molar-refractivity contribution in [2.45, 2.75) is 84.3 Å². The fourth-order valence-corrected chi connectivity index (χ4v) is 3.17. The van der Waals surface area contributed by atoms with Crippen LogP contribution in [0.5, 0.6) is 0 Å². The first-order valence-electron chi connectivity index (χ1n) is 8.45. The number of nitrogens with zero attached hydrogens (tertiary/aromatic N) is 4. The van der Waals surface area contributed by atoms with Crippen LogP contribution in [0.15, 0.2) is 6.33 Å². The van der Waals surface area contributed by atoms with Gasteiger partial charge in [-0.05, 0) is 12.8 Å². The number of aromatic nitrogens is 3. The van der Waals surface area contributed by atoms with E-state index in [9.17, 15) is 0 Å². The number of rotatable bonds is 9. The van der Waals surface area contributed by atoms with Crippen molar-refractivity contribution in [3.8, 4) is 0 Å². The van der Waals surface area contributed by atoms with Gasteiger partial charge in [0.05, 0.1) is 6.54 Å². The van der Waals surface area contributed by atoms with Crippen molar-refractivity contribution in [2.75, 3.05) is 6.54 Å². The third kappa shape index (κ3) is 4.30. The minimum atomic E-state index is 0.749. The predicted octanol–water partition coefficient (Wildman–Crippen LogP) is 3.62. The van der Waals surface area contributed by atoms with Crippen LogP contribution in [0.1, 0.15) is 71.0 Å². The van der Waals surface area contributed by atoms with Gasteiger partial charge < -0.3 is 4.57 Å². The van der Waals surface area contributed by atoms with E-state index in [1.165, 1.54) is 51.4 Å². The lowest BCUT2D eigenvalue weighted by Crippen LogP contribution is -2.41. The Morgan fingerprint density at radius 2 is 1.75 bits per heavy atom. The van der Waals surface area contributed by atoms with Gasteiger partial charge in [-0.15, -0.1) is 10.2 Å². The minimum Gasteiger partial charge on any atom is -0.315 e. The normalized spacial score (nSPS) is 15.8. The number of hydrogen-bond acceptors (Lipinski definition) is 3. The van der Waals surface area contributed by atoms with Gasteiger partial charge in [-0.2, -0.15) is 0 Å². The van der Waals surface area contributed by atoms with Gasteiger partial charge in [0.1, 0.15) is 12.2 Å². The maximum Gasteiger partial charge on any atom is 0.147 e. The third-order valence-corrected chi connectivity index (χ3v) is 4.47. The van der Waals surface area contributed by atoms with E-state index in [1.807, 2.05) is 6.33 Å². The Bertz CT molecular complexity index is 364. The van der Waals surface area contributed by atoms with Gasteiger partial charge in [0.2, 0.25) is 0 Å². The van der Waals surface area contributed by atoms with E-state index in [-0.39, 0.29) is 0 Å². The molecule has 0 aliphatic carbocycles. The van der Waals surface area contributed by atoms with E-state index in [0.29, 0.717) is 0 Å². The van der Waals surface area contributed by atoms with Crippen LogP contribution in [0, 0.1) is 0 Å². The molecule has 0 amide bonds. The number of unbranched alkanes of at least 4 members (excludes halogenated alkanes) is 4. The second kappa shape index (κ2) is 8.40. The van der Waals surface area contributed by atoms with Gasteiger partial charge in [0.25, 0.3) is 0 Å². The van der Waals surface area contributed by atoms with Crippen molar-refractivity contribution in [1.29, 1.82) is 0 Å². The lowest BCUT2D eigenvalue weighted by atomic mass is 10.00. The summed E-state index contributed by atoms with van der Waals surface area (Å²) in [7, 11) is 0. The zero-order chi connectivity index (χ0) is 14.2. The molecule has 2 rings (SSSR count). The van der Waals surface area contributed by atoms with Crippen molar-refractivity contribution < 1.29 is 0 Å². The molecule has 1 aromatic rings. The van der Waals surface area contributed by atoms with Crippen molar-refractivity contribution in [2.24, 2.45) is 0 Å². The third-order valence-electron chi connectivity index (χ3n) is 4.47. The summed E-state index contributed by atoms with van der Waals surface area (Å²) in [5.74, 6) is 1.15. The van der Waals surface area contributed by atoms with Gasteiger partial charge in [-0.3, -0.25) is 4.90 Å². The SMILES string of the molecule is CCCCCC(CCCCC)N1CCn2cnnc2C1. The maximum absolute atomic E-state index is 4.25. The molecule has 0 bridgehead atoms. The first-order valence-corrected chi connectivity index (χ1v) is 8.45. The quantitative estimate of drug-likeness (QED) is 0.647. The predicted molar refractivity (Wildman–Crippen MR) is 82.5 cm³/mol. The summed E-state index contributed by atoms with van der Waals surface area (Å²) in [4.78, 5) is 2.65. The van der Waals surface area contributed by atoms with Gasteiger partial charge >= 0.3 is 0 Å². The molecule has 0 spiro atoms.